The third-order valence-corrected chi connectivity index (χ3v) is 2.28. The molecular weight excluding hydrogens is 216 g/mol. The number of nitrogens with zero attached hydrogens (tertiary/aromatic N) is 3. The van der Waals surface area contributed by atoms with Gasteiger partial charge in [-0.3, -0.25) is 0 Å². The molecule has 1 aromatic carbocycles. The number of rotatable bonds is 4. The number of hydrogen-bond donors (Lipinski definition) is 1. The molecule has 0 radical (unpaired) electrons. The first-order valence-corrected chi connectivity index (χ1v) is 5.37. The van der Waals surface area contributed by atoms with E-state index in [2.05, 4.69) is 21.5 Å². The van der Waals surface area contributed by atoms with Gasteiger partial charge >= 0.3 is 0 Å². The van der Waals surface area contributed by atoms with Crippen LogP contribution in [0.4, 0.5) is 5.69 Å². The van der Waals surface area contributed by atoms with E-state index in [0.717, 1.165) is 12.1 Å². The number of aryl methyl sites for hydroxylation is 1. The molecule has 2 aromatic rings. The number of anilines is 1. The summed E-state index contributed by atoms with van der Waals surface area (Å²) in [5.74, 6) is 1.27. The summed E-state index contributed by atoms with van der Waals surface area (Å²) in [5.41, 5.74) is 1.56. The van der Waals surface area contributed by atoms with Gasteiger partial charge in [-0.15, -0.1) is 0 Å². The Balaban J connectivity index is 1.95. The predicted octanol–water partition coefficient (Wildman–Crippen LogP) is 2.12. The SMILES string of the molecule is CCc1noc(CNc2ccc(C#N)cc2)n1. The van der Waals surface area contributed by atoms with Crippen LogP contribution < -0.4 is 5.32 Å². The average Bonchev–Trinajstić information content (AvgIpc) is 2.85. The minimum atomic E-state index is 0.485. The molecule has 1 heterocycles. The summed E-state index contributed by atoms with van der Waals surface area (Å²) >= 11 is 0. The lowest BCUT2D eigenvalue weighted by Gasteiger charge is -2.02. The highest BCUT2D eigenvalue weighted by Gasteiger charge is 2.03. The fourth-order valence-electron chi connectivity index (χ4n) is 1.35. The van der Waals surface area contributed by atoms with Crippen LogP contribution in [0.3, 0.4) is 0 Å². The third-order valence-electron chi connectivity index (χ3n) is 2.28. The van der Waals surface area contributed by atoms with E-state index < -0.39 is 0 Å². The second kappa shape index (κ2) is 5.12. The lowest BCUT2D eigenvalue weighted by atomic mass is 10.2. The molecule has 0 saturated carbocycles. The fraction of sp³-hybridized carbons (Fsp3) is 0.250. The summed E-state index contributed by atoms with van der Waals surface area (Å²) in [6.07, 6.45) is 0.764. The van der Waals surface area contributed by atoms with Crippen molar-refractivity contribution in [1.29, 1.82) is 5.26 Å². The van der Waals surface area contributed by atoms with Gasteiger partial charge in [0.2, 0.25) is 5.89 Å². The van der Waals surface area contributed by atoms with E-state index >= 15 is 0 Å². The van der Waals surface area contributed by atoms with Crippen LogP contribution in [0.25, 0.3) is 0 Å². The van der Waals surface area contributed by atoms with Gasteiger partial charge < -0.3 is 9.84 Å². The van der Waals surface area contributed by atoms with Crippen LogP contribution in [0.15, 0.2) is 28.8 Å². The van der Waals surface area contributed by atoms with E-state index in [4.69, 9.17) is 9.78 Å². The van der Waals surface area contributed by atoms with E-state index in [1.54, 1.807) is 12.1 Å². The molecule has 0 aliphatic heterocycles. The molecule has 17 heavy (non-hydrogen) atoms. The van der Waals surface area contributed by atoms with E-state index in [1.165, 1.54) is 0 Å². The Morgan fingerprint density at radius 3 is 2.71 bits per heavy atom. The van der Waals surface area contributed by atoms with Crippen LogP contribution in [0, 0.1) is 11.3 Å². The van der Waals surface area contributed by atoms with Crippen molar-refractivity contribution >= 4 is 5.69 Å². The molecule has 5 nitrogen and oxygen atoms in total. The van der Waals surface area contributed by atoms with E-state index in [1.807, 2.05) is 19.1 Å². The molecule has 0 fully saturated rings. The predicted molar refractivity (Wildman–Crippen MR) is 62.2 cm³/mol. The zero-order valence-electron chi connectivity index (χ0n) is 9.47. The highest BCUT2D eigenvalue weighted by molar-refractivity contribution is 5.47. The van der Waals surface area contributed by atoms with Crippen molar-refractivity contribution in [2.45, 2.75) is 19.9 Å². The van der Waals surface area contributed by atoms with E-state index in [9.17, 15) is 0 Å². The van der Waals surface area contributed by atoms with Crippen molar-refractivity contribution in [2.75, 3.05) is 5.32 Å². The number of hydrogen-bond acceptors (Lipinski definition) is 5. The van der Waals surface area contributed by atoms with Gasteiger partial charge in [-0.05, 0) is 24.3 Å². The summed E-state index contributed by atoms with van der Waals surface area (Å²) in [7, 11) is 0. The van der Waals surface area contributed by atoms with Crippen LogP contribution in [0.2, 0.25) is 0 Å². The van der Waals surface area contributed by atoms with E-state index in [0.29, 0.717) is 23.8 Å². The molecule has 5 heteroatoms. The molecular formula is C12H12N4O. The van der Waals surface area contributed by atoms with Gasteiger partial charge in [0.05, 0.1) is 18.2 Å². The number of aromatic nitrogens is 2. The normalized spacial score (nSPS) is 9.88. The molecule has 0 saturated heterocycles. The molecule has 0 aliphatic carbocycles. The monoisotopic (exact) mass is 228 g/mol. The van der Waals surface area contributed by atoms with Crippen LogP contribution in [-0.2, 0) is 13.0 Å². The van der Waals surface area contributed by atoms with Gasteiger partial charge in [0.1, 0.15) is 0 Å². The Morgan fingerprint density at radius 1 is 1.35 bits per heavy atom. The van der Waals surface area contributed by atoms with Crippen LogP contribution in [0.1, 0.15) is 24.2 Å². The Morgan fingerprint density at radius 2 is 2.12 bits per heavy atom. The largest absolute Gasteiger partial charge is 0.376 e. The summed E-state index contributed by atoms with van der Waals surface area (Å²) in [6.45, 7) is 2.46. The number of nitrogens with one attached hydrogen (secondary N) is 1. The Hall–Kier alpha value is -2.35. The van der Waals surface area contributed by atoms with Gasteiger partial charge in [0.15, 0.2) is 5.82 Å². The maximum atomic E-state index is 8.66. The summed E-state index contributed by atoms with van der Waals surface area (Å²) in [5, 5.41) is 15.6. The fourth-order valence-corrected chi connectivity index (χ4v) is 1.35. The van der Waals surface area contributed by atoms with Crippen LogP contribution in [0.5, 0.6) is 0 Å². The molecule has 0 aliphatic rings. The third kappa shape index (κ3) is 2.82. The molecule has 0 spiro atoms. The lowest BCUT2D eigenvalue weighted by molar-refractivity contribution is 0.378. The molecule has 1 aromatic heterocycles. The zero-order valence-corrected chi connectivity index (χ0v) is 9.47. The molecule has 86 valence electrons. The maximum Gasteiger partial charge on any atom is 0.245 e. The maximum absolute atomic E-state index is 8.66. The average molecular weight is 228 g/mol. The smallest absolute Gasteiger partial charge is 0.245 e. The minimum absolute atomic E-state index is 0.485. The molecule has 0 atom stereocenters. The highest BCUT2D eigenvalue weighted by atomic mass is 16.5. The first-order valence-electron chi connectivity index (χ1n) is 5.37. The van der Waals surface area contributed by atoms with Gasteiger partial charge in [0, 0.05) is 12.1 Å². The van der Waals surface area contributed by atoms with Crippen molar-refractivity contribution in [1.82, 2.24) is 10.1 Å². The van der Waals surface area contributed by atoms with Crippen molar-refractivity contribution in [2.24, 2.45) is 0 Å². The number of benzene rings is 1. The first kappa shape index (κ1) is 11.1. The summed E-state index contributed by atoms with van der Waals surface area (Å²) in [6, 6.07) is 9.27. The molecule has 0 unspecified atom stereocenters. The molecule has 0 bridgehead atoms. The standard InChI is InChI=1S/C12H12N4O/c1-2-11-15-12(17-16-11)8-14-10-5-3-9(7-13)4-6-10/h3-6,14H,2,8H2,1H3. The first-order chi connectivity index (χ1) is 8.31. The van der Waals surface area contributed by atoms with Gasteiger partial charge in [0.25, 0.3) is 0 Å². The van der Waals surface area contributed by atoms with Crippen molar-refractivity contribution in [3.63, 3.8) is 0 Å². The zero-order chi connectivity index (χ0) is 12.1. The summed E-state index contributed by atoms with van der Waals surface area (Å²) in [4.78, 5) is 4.18. The Labute approximate surface area is 99.1 Å². The van der Waals surface area contributed by atoms with Crippen molar-refractivity contribution in [3.8, 4) is 6.07 Å². The minimum Gasteiger partial charge on any atom is -0.376 e. The van der Waals surface area contributed by atoms with Crippen LogP contribution >= 0.6 is 0 Å². The second-order valence-corrected chi connectivity index (χ2v) is 3.50. The van der Waals surface area contributed by atoms with E-state index in [-0.39, 0.29) is 0 Å². The quantitative estimate of drug-likeness (QED) is 0.867. The topological polar surface area (TPSA) is 74.7 Å². The highest BCUT2D eigenvalue weighted by Crippen LogP contribution is 2.10. The molecule has 2 rings (SSSR count). The second-order valence-electron chi connectivity index (χ2n) is 3.50. The number of nitriles is 1. The molecule has 0 amide bonds. The van der Waals surface area contributed by atoms with Gasteiger partial charge in [-0.25, -0.2) is 0 Å². The lowest BCUT2D eigenvalue weighted by Crippen LogP contribution is -1.99. The Kier molecular flexibility index (Phi) is 3.36. The van der Waals surface area contributed by atoms with Crippen LogP contribution in [-0.4, -0.2) is 10.1 Å². The van der Waals surface area contributed by atoms with Gasteiger partial charge in [-0.1, -0.05) is 12.1 Å². The van der Waals surface area contributed by atoms with Crippen molar-refractivity contribution in [3.05, 3.63) is 41.5 Å². The molecule has 1 N–H and O–H groups in total. The Bertz CT molecular complexity index is 524. The summed E-state index contributed by atoms with van der Waals surface area (Å²) < 4.78 is 5.05. The van der Waals surface area contributed by atoms with Gasteiger partial charge in [-0.2, -0.15) is 10.2 Å². The van der Waals surface area contributed by atoms with Crippen molar-refractivity contribution < 1.29 is 4.52 Å².